The summed E-state index contributed by atoms with van der Waals surface area (Å²) in [5.41, 5.74) is 2.63. The van der Waals surface area contributed by atoms with Gasteiger partial charge in [-0.3, -0.25) is 9.78 Å². The van der Waals surface area contributed by atoms with Gasteiger partial charge in [-0.05, 0) is 42.5 Å². The molecule has 0 radical (unpaired) electrons. The van der Waals surface area contributed by atoms with Crippen molar-refractivity contribution in [2.45, 2.75) is 18.8 Å². The monoisotopic (exact) mass is 478 g/mol. The number of rotatable bonds is 4. The van der Waals surface area contributed by atoms with Crippen molar-refractivity contribution in [3.8, 4) is 22.5 Å². The molecule has 0 N–H and O–H groups in total. The zero-order chi connectivity index (χ0) is 22.8. The minimum Gasteiger partial charge on any atom is -0.337 e. The third kappa shape index (κ3) is 4.38. The van der Waals surface area contributed by atoms with E-state index in [4.69, 9.17) is 16.6 Å². The minimum atomic E-state index is -0.328. The maximum Gasteiger partial charge on any atom is 0.265 e. The fraction of sp³-hybridized carbons (Fsp3) is 0.200. The molecule has 8 heteroatoms. The summed E-state index contributed by atoms with van der Waals surface area (Å²) in [5.74, 6) is 0.0664. The molecule has 0 bridgehead atoms. The van der Waals surface area contributed by atoms with Crippen molar-refractivity contribution in [2.24, 2.45) is 0 Å². The van der Waals surface area contributed by atoms with Crippen molar-refractivity contribution in [2.75, 3.05) is 13.1 Å². The van der Waals surface area contributed by atoms with Crippen molar-refractivity contribution < 1.29 is 9.18 Å². The Morgan fingerprint density at radius 2 is 2.00 bits per heavy atom. The van der Waals surface area contributed by atoms with Crippen LogP contribution in [0.4, 0.5) is 4.39 Å². The first-order chi connectivity index (χ1) is 16.1. The van der Waals surface area contributed by atoms with E-state index in [2.05, 4.69) is 9.97 Å². The van der Waals surface area contributed by atoms with Crippen LogP contribution in [0.1, 0.15) is 34.1 Å². The Balaban J connectivity index is 1.55. The van der Waals surface area contributed by atoms with E-state index in [1.165, 1.54) is 17.4 Å². The van der Waals surface area contributed by atoms with E-state index < -0.39 is 0 Å². The normalized spacial score (nSPS) is 16.1. The van der Waals surface area contributed by atoms with E-state index in [9.17, 15) is 9.18 Å². The van der Waals surface area contributed by atoms with Gasteiger partial charge in [0.2, 0.25) is 0 Å². The number of aromatic nitrogens is 3. The fourth-order valence-corrected chi connectivity index (χ4v) is 5.31. The number of likely N-dealkylation sites (tertiary alicyclic amines) is 1. The Labute approximate surface area is 199 Å². The highest BCUT2D eigenvalue weighted by atomic mass is 35.5. The Bertz CT molecular complexity index is 1300. The van der Waals surface area contributed by atoms with Crippen molar-refractivity contribution in [3.63, 3.8) is 0 Å². The van der Waals surface area contributed by atoms with Crippen LogP contribution in [0.2, 0.25) is 5.02 Å². The number of pyridine rings is 1. The molecule has 1 aliphatic heterocycles. The number of nitrogens with zero attached hydrogens (tertiary/aromatic N) is 4. The molecule has 5 nitrogen and oxygen atoms in total. The van der Waals surface area contributed by atoms with Crippen LogP contribution in [0.25, 0.3) is 22.5 Å². The molecule has 33 heavy (non-hydrogen) atoms. The predicted octanol–water partition coefficient (Wildman–Crippen LogP) is 6.08. The van der Waals surface area contributed by atoms with E-state index >= 15 is 0 Å². The molecule has 0 saturated carbocycles. The van der Waals surface area contributed by atoms with Gasteiger partial charge in [0, 0.05) is 54.3 Å². The highest BCUT2D eigenvalue weighted by molar-refractivity contribution is 7.12. The Kier molecular flexibility index (Phi) is 6.15. The average molecular weight is 479 g/mol. The van der Waals surface area contributed by atoms with Crippen LogP contribution in [0.5, 0.6) is 0 Å². The lowest BCUT2D eigenvalue weighted by atomic mass is 9.89. The highest BCUT2D eigenvalue weighted by Crippen LogP contribution is 2.36. The lowest BCUT2D eigenvalue weighted by Gasteiger charge is -2.33. The number of piperidine rings is 1. The smallest absolute Gasteiger partial charge is 0.265 e. The molecule has 0 spiro atoms. The number of hydrogen-bond acceptors (Lipinski definition) is 5. The molecular formula is C25H20ClFN4OS. The molecular weight excluding hydrogens is 459 g/mol. The number of carbonyl (C=O) groups excluding carboxylic acids is 1. The van der Waals surface area contributed by atoms with Crippen LogP contribution < -0.4 is 0 Å². The second-order valence-corrected chi connectivity index (χ2v) is 9.23. The van der Waals surface area contributed by atoms with Gasteiger partial charge < -0.3 is 4.90 Å². The van der Waals surface area contributed by atoms with Gasteiger partial charge in [-0.2, -0.15) is 0 Å². The maximum absolute atomic E-state index is 14.7. The summed E-state index contributed by atoms with van der Waals surface area (Å²) in [6.45, 7) is 1.14. The standard InChI is InChI=1S/C25H20ClFN4OS/c26-20-9-12-33-23(20)25(32)31-11-4-6-17(15-31)22-19(18-7-1-2-8-21(18)27)14-29-24(30-22)16-5-3-10-28-13-16/h1-3,5,7-10,12-14,17H,4,6,11,15H2/t17-/m1/s1. The fourth-order valence-electron chi connectivity index (χ4n) is 4.20. The molecule has 1 aliphatic rings. The van der Waals surface area contributed by atoms with Crippen LogP contribution in [-0.2, 0) is 0 Å². The first-order valence-electron chi connectivity index (χ1n) is 10.7. The lowest BCUT2D eigenvalue weighted by molar-refractivity contribution is 0.0711. The Hall–Kier alpha value is -3.16. The number of hydrogen-bond donors (Lipinski definition) is 0. The average Bonchev–Trinajstić information content (AvgIpc) is 3.30. The topological polar surface area (TPSA) is 59.0 Å². The SMILES string of the molecule is O=C(c1sccc1Cl)N1CCC[C@@H](c2nc(-c3cccnc3)ncc2-c2ccccc2F)C1. The summed E-state index contributed by atoms with van der Waals surface area (Å²) in [5, 5.41) is 2.29. The zero-order valence-corrected chi connectivity index (χ0v) is 19.2. The molecule has 4 heterocycles. The second kappa shape index (κ2) is 9.37. The summed E-state index contributed by atoms with van der Waals surface area (Å²) in [6.07, 6.45) is 6.74. The molecule has 1 saturated heterocycles. The third-order valence-corrected chi connectivity index (χ3v) is 7.14. The van der Waals surface area contributed by atoms with E-state index in [0.717, 1.165) is 24.1 Å². The van der Waals surface area contributed by atoms with Gasteiger partial charge in [0.05, 0.1) is 10.7 Å². The zero-order valence-electron chi connectivity index (χ0n) is 17.6. The van der Waals surface area contributed by atoms with Gasteiger partial charge in [-0.15, -0.1) is 11.3 Å². The molecule has 1 aromatic carbocycles. The number of benzene rings is 1. The van der Waals surface area contributed by atoms with Crippen LogP contribution in [0.15, 0.2) is 66.4 Å². The number of halogens is 2. The molecule has 1 amide bonds. The van der Waals surface area contributed by atoms with Crippen molar-refractivity contribution >= 4 is 28.8 Å². The van der Waals surface area contributed by atoms with Crippen LogP contribution in [0.3, 0.4) is 0 Å². The molecule has 166 valence electrons. The molecule has 0 aliphatic carbocycles. The summed E-state index contributed by atoms with van der Waals surface area (Å²) >= 11 is 7.56. The van der Waals surface area contributed by atoms with Crippen LogP contribution >= 0.6 is 22.9 Å². The van der Waals surface area contributed by atoms with Gasteiger partial charge in [-0.25, -0.2) is 14.4 Å². The third-order valence-electron chi connectivity index (χ3n) is 5.81. The minimum absolute atomic E-state index is 0.0607. The first-order valence-corrected chi connectivity index (χ1v) is 11.9. The molecule has 0 unspecified atom stereocenters. The lowest BCUT2D eigenvalue weighted by Crippen LogP contribution is -2.39. The maximum atomic E-state index is 14.7. The summed E-state index contributed by atoms with van der Waals surface area (Å²) < 4.78 is 14.7. The summed E-state index contributed by atoms with van der Waals surface area (Å²) in [4.78, 5) is 29.0. The van der Waals surface area contributed by atoms with E-state index in [1.807, 2.05) is 22.4 Å². The van der Waals surface area contributed by atoms with E-state index in [1.54, 1.807) is 42.9 Å². The molecule has 1 fully saturated rings. The quantitative estimate of drug-likeness (QED) is 0.356. The molecule has 1 atom stereocenters. The van der Waals surface area contributed by atoms with Crippen molar-refractivity contribution in [1.29, 1.82) is 0 Å². The van der Waals surface area contributed by atoms with Crippen molar-refractivity contribution in [3.05, 3.63) is 87.8 Å². The van der Waals surface area contributed by atoms with Crippen molar-refractivity contribution in [1.82, 2.24) is 19.9 Å². The summed E-state index contributed by atoms with van der Waals surface area (Å²) in [7, 11) is 0. The first kappa shape index (κ1) is 21.7. The number of carbonyl (C=O) groups is 1. The number of amides is 1. The van der Waals surface area contributed by atoms with Gasteiger partial charge in [0.25, 0.3) is 5.91 Å². The Morgan fingerprint density at radius 1 is 1.12 bits per heavy atom. The molecule has 5 rings (SSSR count). The second-order valence-electron chi connectivity index (χ2n) is 7.90. The Morgan fingerprint density at radius 3 is 2.76 bits per heavy atom. The predicted molar refractivity (Wildman–Crippen MR) is 128 cm³/mol. The van der Waals surface area contributed by atoms with Gasteiger partial charge in [-0.1, -0.05) is 29.8 Å². The molecule has 3 aromatic heterocycles. The largest absolute Gasteiger partial charge is 0.337 e. The summed E-state index contributed by atoms with van der Waals surface area (Å²) in [6, 6.07) is 12.1. The van der Waals surface area contributed by atoms with E-state index in [-0.39, 0.29) is 17.6 Å². The van der Waals surface area contributed by atoms with E-state index in [0.29, 0.717) is 39.9 Å². The van der Waals surface area contributed by atoms with Crippen LogP contribution in [-0.4, -0.2) is 38.8 Å². The van der Waals surface area contributed by atoms with Gasteiger partial charge in [0.15, 0.2) is 5.82 Å². The van der Waals surface area contributed by atoms with Gasteiger partial charge >= 0.3 is 0 Å². The number of thiophene rings is 1. The molecule has 4 aromatic rings. The van der Waals surface area contributed by atoms with Gasteiger partial charge in [0.1, 0.15) is 10.7 Å². The van der Waals surface area contributed by atoms with Crippen LogP contribution in [0, 0.1) is 5.82 Å². The highest BCUT2D eigenvalue weighted by Gasteiger charge is 2.30.